The van der Waals surface area contributed by atoms with Crippen molar-refractivity contribution in [3.05, 3.63) is 115 Å². The SMILES string of the molecule is O=C(CCCNc1ccccn1)N[C@H](Cc1ccncc1)C(=O)NC(CC(=O)OC(=O)C(F)(F)F)c1ccc(-c2ccccc2)cc1. The highest BCUT2D eigenvalue weighted by Crippen LogP contribution is 2.25. The fourth-order valence-corrected chi connectivity index (χ4v) is 4.60. The molecule has 0 saturated heterocycles. The first kappa shape index (κ1) is 34.3. The lowest BCUT2D eigenvalue weighted by atomic mass is 9.98. The number of carbonyl (C=O) groups excluding carboxylic acids is 4. The summed E-state index contributed by atoms with van der Waals surface area (Å²) in [5.74, 6) is -4.61. The van der Waals surface area contributed by atoms with Gasteiger partial charge in [0, 0.05) is 38.0 Å². The molecule has 0 fully saturated rings. The van der Waals surface area contributed by atoms with Crippen LogP contribution in [0, 0.1) is 0 Å². The summed E-state index contributed by atoms with van der Waals surface area (Å²) in [6.07, 6.45) is -0.900. The van der Waals surface area contributed by atoms with Gasteiger partial charge in [-0.05, 0) is 52.9 Å². The van der Waals surface area contributed by atoms with Crippen LogP contribution in [0.4, 0.5) is 19.0 Å². The van der Waals surface area contributed by atoms with Crippen molar-refractivity contribution in [2.45, 2.75) is 43.9 Å². The molecular weight excluding hydrogens is 615 g/mol. The number of amides is 2. The van der Waals surface area contributed by atoms with Crippen LogP contribution in [0.2, 0.25) is 0 Å². The predicted octanol–water partition coefficient (Wildman–Crippen LogP) is 4.94. The van der Waals surface area contributed by atoms with E-state index in [9.17, 15) is 32.3 Å². The highest BCUT2D eigenvalue weighted by Gasteiger charge is 2.42. The number of ether oxygens (including phenoxy) is 1. The number of esters is 2. The van der Waals surface area contributed by atoms with Crippen LogP contribution < -0.4 is 16.0 Å². The number of nitrogens with zero attached hydrogens (tertiary/aromatic N) is 2. The minimum Gasteiger partial charge on any atom is -0.386 e. The van der Waals surface area contributed by atoms with Gasteiger partial charge in [-0.25, -0.2) is 9.78 Å². The summed E-state index contributed by atoms with van der Waals surface area (Å²) >= 11 is 0. The van der Waals surface area contributed by atoms with Gasteiger partial charge < -0.3 is 20.7 Å². The third-order valence-electron chi connectivity index (χ3n) is 6.94. The average molecular weight is 648 g/mol. The van der Waals surface area contributed by atoms with Gasteiger partial charge in [0.2, 0.25) is 11.8 Å². The number of aromatic nitrogens is 2. The number of pyridine rings is 2. The molecule has 0 aliphatic carbocycles. The smallest absolute Gasteiger partial charge is 0.386 e. The maximum Gasteiger partial charge on any atom is 0.491 e. The molecule has 13 heteroatoms. The molecular formula is C34H32F3N5O5. The predicted molar refractivity (Wildman–Crippen MR) is 166 cm³/mol. The summed E-state index contributed by atoms with van der Waals surface area (Å²) in [7, 11) is 0. The quantitative estimate of drug-likeness (QED) is 0.0994. The number of alkyl halides is 3. The van der Waals surface area contributed by atoms with Gasteiger partial charge in [0.15, 0.2) is 0 Å². The minimum atomic E-state index is -5.38. The number of hydrogen-bond acceptors (Lipinski definition) is 8. The Morgan fingerprint density at radius 1 is 0.787 bits per heavy atom. The normalized spacial score (nSPS) is 12.3. The Bertz CT molecular complexity index is 1620. The van der Waals surface area contributed by atoms with Crippen LogP contribution in [-0.2, 0) is 30.3 Å². The molecule has 0 bridgehead atoms. The molecule has 0 radical (unpaired) electrons. The summed E-state index contributed by atoms with van der Waals surface area (Å²) in [6, 6.07) is 22.4. The monoisotopic (exact) mass is 647 g/mol. The highest BCUT2D eigenvalue weighted by atomic mass is 19.4. The molecule has 4 rings (SSSR count). The Morgan fingerprint density at radius 3 is 2.13 bits per heavy atom. The number of anilines is 1. The molecule has 0 spiro atoms. The van der Waals surface area contributed by atoms with E-state index in [0.29, 0.717) is 29.9 Å². The number of carbonyl (C=O) groups is 4. The first-order chi connectivity index (χ1) is 22.6. The molecule has 4 aromatic rings. The van der Waals surface area contributed by atoms with Gasteiger partial charge in [-0.3, -0.25) is 19.4 Å². The summed E-state index contributed by atoms with van der Waals surface area (Å²) in [4.78, 5) is 58.5. The van der Waals surface area contributed by atoms with Crippen molar-refractivity contribution < 1.29 is 37.1 Å². The largest absolute Gasteiger partial charge is 0.491 e. The summed E-state index contributed by atoms with van der Waals surface area (Å²) in [6.45, 7) is 0.450. The molecule has 47 heavy (non-hydrogen) atoms. The van der Waals surface area contributed by atoms with E-state index in [4.69, 9.17) is 0 Å². The van der Waals surface area contributed by atoms with E-state index in [-0.39, 0.29) is 12.8 Å². The van der Waals surface area contributed by atoms with Crippen molar-refractivity contribution in [2.24, 2.45) is 0 Å². The second kappa shape index (κ2) is 16.6. The Balaban J connectivity index is 1.49. The Morgan fingerprint density at radius 2 is 1.47 bits per heavy atom. The van der Waals surface area contributed by atoms with Gasteiger partial charge in [0.05, 0.1) is 12.5 Å². The fraction of sp³-hybridized carbons (Fsp3) is 0.235. The van der Waals surface area contributed by atoms with E-state index in [1.165, 1.54) is 12.4 Å². The third-order valence-corrected chi connectivity index (χ3v) is 6.94. The number of hydrogen-bond donors (Lipinski definition) is 3. The van der Waals surface area contributed by atoms with Crippen LogP contribution >= 0.6 is 0 Å². The molecule has 0 aliphatic heterocycles. The molecule has 2 heterocycles. The standard InChI is InChI=1S/C34H32F3N5O5/c35-34(36,37)33(46)47-31(44)22-27(26-13-11-25(12-14-26)24-7-2-1-3-8-24)42-32(45)28(21-23-15-19-38-20-16-23)41-30(43)10-6-18-40-29-9-4-5-17-39-29/h1-5,7-9,11-17,19-20,27-28H,6,10,18,21-22H2,(H,39,40)(H,41,43)(H,42,45)/t27?,28-/m1/s1. The maximum atomic E-state index is 13.7. The van der Waals surface area contributed by atoms with E-state index in [1.807, 2.05) is 36.4 Å². The van der Waals surface area contributed by atoms with Gasteiger partial charge in [0.1, 0.15) is 11.9 Å². The molecule has 0 aliphatic rings. The van der Waals surface area contributed by atoms with Crippen molar-refractivity contribution in [3.8, 4) is 11.1 Å². The Kier molecular flexibility index (Phi) is 12.1. The number of halogens is 3. The van der Waals surface area contributed by atoms with Crippen LogP contribution in [0.1, 0.15) is 36.4 Å². The van der Waals surface area contributed by atoms with E-state index in [0.717, 1.165) is 11.1 Å². The molecule has 0 saturated carbocycles. The van der Waals surface area contributed by atoms with Crippen LogP contribution in [-0.4, -0.2) is 52.5 Å². The lowest BCUT2D eigenvalue weighted by molar-refractivity contribution is -0.202. The van der Waals surface area contributed by atoms with Crippen LogP contribution in [0.15, 0.2) is 104 Å². The summed E-state index contributed by atoms with van der Waals surface area (Å²) < 4.78 is 42.3. The van der Waals surface area contributed by atoms with Crippen LogP contribution in [0.5, 0.6) is 0 Å². The fourth-order valence-electron chi connectivity index (χ4n) is 4.60. The van der Waals surface area contributed by atoms with Crippen molar-refractivity contribution >= 4 is 29.6 Å². The summed E-state index contributed by atoms with van der Waals surface area (Å²) in [5.41, 5.74) is 2.75. The molecule has 2 aromatic heterocycles. The van der Waals surface area contributed by atoms with Crippen molar-refractivity contribution in [2.75, 3.05) is 11.9 Å². The number of rotatable bonds is 14. The van der Waals surface area contributed by atoms with Crippen LogP contribution in [0.25, 0.3) is 11.1 Å². The number of nitrogens with one attached hydrogen (secondary N) is 3. The lowest BCUT2D eigenvalue weighted by Crippen LogP contribution is -2.49. The number of benzene rings is 2. The molecule has 2 aromatic carbocycles. The van der Waals surface area contributed by atoms with Crippen molar-refractivity contribution in [3.63, 3.8) is 0 Å². The van der Waals surface area contributed by atoms with Gasteiger partial charge in [-0.2, -0.15) is 13.2 Å². The molecule has 244 valence electrons. The molecule has 1 unspecified atom stereocenters. The second-order valence-corrected chi connectivity index (χ2v) is 10.4. The molecule has 10 nitrogen and oxygen atoms in total. The topological polar surface area (TPSA) is 139 Å². The van der Waals surface area contributed by atoms with Crippen LogP contribution in [0.3, 0.4) is 0 Å². The average Bonchev–Trinajstić information content (AvgIpc) is 3.07. The maximum absolute atomic E-state index is 13.7. The van der Waals surface area contributed by atoms with Gasteiger partial charge >= 0.3 is 18.1 Å². The van der Waals surface area contributed by atoms with Gasteiger partial charge in [-0.1, -0.05) is 60.7 Å². The van der Waals surface area contributed by atoms with Gasteiger partial charge in [-0.15, -0.1) is 0 Å². The third kappa shape index (κ3) is 11.1. The van der Waals surface area contributed by atoms with E-state index in [2.05, 4.69) is 30.7 Å². The van der Waals surface area contributed by atoms with Crippen molar-refractivity contribution in [1.82, 2.24) is 20.6 Å². The second-order valence-electron chi connectivity index (χ2n) is 10.4. The molecule has 2 amide bonds. The molecule has 2 atom stereocenters. The first-order valence-corrected chi connectivity index (χ1v) is 14.7. The Labute approximate surface area is 268 Å². The summed E-state index contributed by atoms with van der Waals surface area (Å²) in [5, 5.41) is 8.49. The highest BCUT2D eigenvalue weighted by molar-refractivity contribution is 5.90. The first-order valence-electron chi connectivity index (χ1n) is 14.7. The van der Waals surface area contributed by atoms with E-state index < -0.39 is 48.4 Å². The van der Waals surface area contributed by atoms with E-state index >= 15 is 0 Å². The van der Waals surface area contributed by atoms with E-state index in [1.54, 1.807) is 54.7 Å². The zero-order valence-electron chi connectivity index (χ0n) is 25.1. The van der Waals surface area contributed by atoms with Crippen molar-refractivity contribution in [1.29, 1.82) is 0 Å². The zero-order chi connectivity index (χ0) is 33.6. The van der Waals surface area contributed by atoms with Gasteiger partial charge in [0.25, 0.3) is 0 Å². The Hall–Kier alpha value is -5.59. The lowest BCUT2D eigenvalue weighted by Gasteiger charge is -2.24. The zero-order valence-corrected chi connectivity index (χ0v) is 25.1. The molecule has 3 N–H and O–H groups in total. The minimum absolute atomic E-state index is 0.0585.